The van der Waals surface area contributed by atoms with Gasteiger partial charge in [0.2, 0.25) is 5.88 Å². The molecular formula is C23H22N6O4. The molecule has 0 saturated heterocycles. The second-order valence-electron chi connectivity index (χ2n) is 6.94. The SMILES string of the molecule is COc1cc(NC(=O)Nc2ccc(Oc3ccc(-n4ccc(C)n4)nn3)cc2)cc(OC)c1. The van der Waals surface area contributed by atoms with Crippen LogP contribution in [0.4, 0.5) is 16.2 Å². The fourth-order valence-electron chi connectivity index (χ4n) is 2.93. The summed E-state index contributed by atoms with van der Waals surface area (Å²) in [5.41, 5.74) is 2.02. The minimum absolute atomic E-state index is 0.341. The smallest absolute Gasteiger partial charge is 0.323 e. The average molecular weight is 446 g/mol. The molecule has 0 aliphatic rings. The molecule has 2 heterocycles. The van der Waals surface area contributed by atoms with Gasteiger partial charge in [-0.05, 0) is 43.3 Å². The van der Waals surface area contributed by atoms with Crippen molar-refractivity contribution in [1.29, 1.82) is 0 Å². The molecule has 2 amide bonds. The van der Waals surface area contributed by atoms with Crippen molar-refractivity contribution in [2.75, 3.05) is 24.9 Å². The number of anilines is 2. The van der Waals surface area contributed by atoms with Crippen LogP contribution in [-0.4, -0.2) is 40.2 Å². The molecule has 4 aromatic rings. The number of aryl methyl sites for hydroxylation is 1. The van der Waals surface area contributed by atoms with Crippen LogP contribution in [0.25, 0.3) is 5.82 Å². The molecule has 2 aromatic heterocycles. The van der Waals surface area contributed by atoms with E-state index in [2.05, 4.69) is 25.9 Å². The third kappa shape index (κ3) is 5.56. The van der Waals surface area contributed by atoms with Gasteiger partial charge in [-0.15, -0.1) is 10.2 Å². The van der Waals surface area contributed by atoms with Crippen molar-refractivity contribution in [1.82, 2.24) is 20.0 Å². The largest absolute Gasteiger partial charge is 0.497 e. The van der Waals surface area contributed by atoms with Crippen molar-refractivity contribution in [2.45, 2.75) is 6.92 Å². The van der Waals surface area contributed by atoms with E-state index in [9.17, 15) is 4.79 Å². The highest BCUT2D eigenvalue weighted by molar-refractivity contribution is 6.00. The summed E-state index contributed by atoms with van der Waals surface area (Å²) in [7, 11) is 3.09. The average Bonchev–Trinajstić information content (AvgIpc) is 3.26. The number of nitrogens with one attached hydrogen (secondary N) is 2. The molecule has 0 radical (unpaired) electrons. The number of aromatic nitrogens is 4. The van der Waals surface area contributed by atoms with Crippen molar-refractivity contribution < 1.29 is 19.0 Å². The lowest BCUT2D eigenvalue weighted by atomic mass is 10.2. The summed E-state index contributed by atoms with van der Waals surface area (Å²) >= 11 is 0. The third-order valence-electron chi connectivity index (χ3n) is 4.53. The van der Waals surface area contributed by atoms with Gasteiger partial charge in [-0.25, -0.2) is 9.48 Å². The molecule has 4 rings (SSSR count). The van der Waals surface area contributed by atoms with Gasteiger partial charge in [0.25, 0.3) is 0 Å². The van der Waals surface area contributed by atoms with E-state index in [4.69, 9.17) is 14.2 Å². The number of hydrogen-bond donors (Lipinski definition) is 2. The number of ether oxygens (including phenoxy) is 3. The first-order valence-electron chi connectivity index (χ1n) is 9.98. The predicted molar refractivity (Wildman–Crippen MR) is 123 cm³/mol. The highest BCUT2D eigenvalue weighted by atomic mass is 16.5. The number of urea groups is 1. The Labute approximate surface area is 190 Å². The Morgan fingerprint density at radius 2 is 1.52 bits per heavy atom. The van der Waals surface area contributed by atoms with E-state index in [0.29, 0.717) is 40.3 Å². The monoisotopic (exact) mass is 446 g/mol. The lowest BCUT2D eigenvalue weighted by Crippen LogP contribution is -2.19. The summed E-state index contributed by atoms with van der Waals surface area (Å²) in [5.74, 6) is 2.63. The van der Waals surface area contributed by atoms with E-state index in [-0.39, 0.29) is 0 Å². The molecule has 0 spiro atoms. The number of carbonyl (C=O) groups is 1. The Morgan fingerprint density at radius 3 is 2.09 bits per heavy atom. The first-order chi connectivity index (χ1) is 16.0. The molecule has 10 heteroatoms. The van der Waals surface area contributed by atoms with Crippen LogP contribution in [-0.2, 0) is 0 Å². The molecule has 33 heavy (non-hydrogen) atoms. The van der Waals surface area contributed by atoms with Crippen molar-refractivity contribution in [2.24, 2.45) is 0 Å². The summed E-state index contributed by atoms with van der Waals surface area (Å²) in [6.45, 7) is 1.90. The van der Waals surface area contributed by atoms with E-state index < -0.39 is 6.03 Å². The number of nitrogens with zero attached hydrogens (tertiary/aromatic N) is 4. The minimum Gasteiger partial charge on any atom is -0.497 e. The van der Waals surface area contributed by atoms with Gasteiger partial charge in [-0.2, -0.15) is 5.10 Å². The van der Waals surface area contributed by atoms with Crippen LogP contribution in [0.3, 0.4) is 0 Å². The van der Waals surface area contributed by atoms with Gasteiger partial charge < -0.3 is 24.8 Å². The quantitative estimate of drug-likeness (QED) is 0.432. The van der Waals surface area contributed by atoms with E-state index in [1.54, 1.807) is 73.5 Å². The highest BCUT2D eigenvalue weighted by Gasteiger charge is 2.08. The molecule has 0 aliphatic heterocycles. The van der Waals surface area contributed by atoms with Crippen molar-refractivity contribution >= 4 is 17.4 Å². The summed E-state index contributed by atoms with van der Waals surface area (Å²) in [6.07, 6.45) is 1.81. The standard InChI is InChI=1S/C23H22N6O4/c1-15-10-11-29(28-15)21-8-9-22(27-26-21)33-18-6-4-16(5-7-18)24-23(30)25-17-12-19(31-2)14-20(13-17)32-3/h4-14H,1-3H3,(H2,24,25,30). The lowest BCUT2D eigenvalue weighted by Gasteiger charge is -2.11. The van der Waals surface area contributed by atoms with Crippen LogP contribution in [0.15, 0.2) is 66.9 Å². The fraction of sp³-hybridized carbons (Fsp3) is 0.130. The molecule has 0 atom stereocenters. The molecule has 0 unspecified atom stereocenters. The van der Waals surface area contributed by atoms with Crippen molar-refractivity contribution in [3.8, 4) is 28.9 Å². The summed E-state index contributed by atoms with van der Waals surface area (Å²) in [5, 5.41) is 18.0. The maximum atomic E-state index is 12.3. The second-order valence-corrected chi connectivity index (χ2v) is 6.94. The molecule has 2 aromatic carbocycles. The third-order valence-corrected chi connectivity index (χ3v) is 4.53. The number of carbonyl (C=O) groups excluding carboxylic acids is 1. The predicted octanol–water partition coefficient (Wildman–Crippen LogP) is 4.42. The zero-order chi connectivity index (χ0) is 23.2. The number of rotatable bonds is 7. The van der Waals surface area contributed by atoms with E-state index in [0.717, 1.165) is 5.69 Å². The fourth-order valence-corrected chi connectivity index (χ4v) is 2.93. The molecule has 2 N–H and O–H groups in total. The first kappa shape index (κ1) is 21.6. The van der Waals surface area contributed by atoms with Gasteiger partial charge >= 0.3 is 6.03 Å². The van der Waals surface area contributed by atoms with Gasteiger partial charge in [-0.3, -0.25) is 0 Å². The maximum Gasteiger partial charge on any atom is 0.323 e. The Kier molecular flexibility index (Phi) is 6.35. The van der Waals surface area contributed by atoms with Crippen LogP contribution < -0.4 is 24.8 Å². The van der Waals surface area contributed by atoms with Crippen LogP contribution >= 0.6 is 0 Å². The van der Waals surface area contributed by atoms with Crippen LogP contribution in [0.2, 0.25) is 0 Å². The maximum absolute atomic E-state index is 12.3. The van der Waals surface area contributed by atoms with Crippen LogP contribution in [0.5, 0.6) is 23.1 Å². The van der Waals surface area contributed by atoms with E-state index in [1.165, 1.54) is 0 Å². The van der Waals surface area contributed by atoms with Gasteiger partial charge in [0.15, 0.2) is 5.82 Å². The Morgan fingerprint density at radius 1 is 0.818 bits per heavy atom. The van der Waals surface area contributed by atoms with Gasteiger partial charge in [-0.1, -0.05) is 0 Å². The molecule has 0 fully saturated rings. The molecule has 0 bridgehead atoms. The van der Waals surface area contributed by atoms with Gasteiger partial charge in [0, 0.05) is 41.8 Å². The van der Waals surface area contributed by atoms with Crippen LogP contribution in [0, 0.1) is 6.92 Å². The summed E-state index contributed by atoms with van der Waals surface area (Å²) < 4.78 is 17.8. The van der Waals surface area contributed by atoms with Gasteiger partial charge in [0.05, 0.1) is 19.9 Å². The number of methoxy groups -OCH3 is 2. The van der Waals surface area contributed by atoms with E-state index in [1.807, 2.05) is 19.2 Å². The topological polar surface area (TPSA) is 112 Å². The van der Waals surface area contributed by atoms with Crippen LogP contribution in [0.1, 0.15) is 5.69 Å². The molecular weight excluding hydrogens is 424 g/mol. The van der Waals surface area contributed by atoms with Gasteiger partial charge in [0.1, 0.15) is 17.2 Å². The number of hydrogen-bond acceptors (Lipinski definition) is 7. The Balaban J connectivity index is 1.35. The van der Waals surface area contributed by atoms with Crippen molar-refractivity contribution in [3.63, 3.8) is 0 Å². The Bertz CT molecular complexity index is 1220. The zero-order valence-corrected chi connectivity index (χ0v) is 18.3. The molecule has 168 valence electrons. The van der Waals surface area contributed by atoms with E-state index >= 15 is 0 Å². The zero-order valence-electron chi connectivity index (χ0n) is 18.3. The Hall–Kier alpha value is -4.60. The van der Waals surface area contributed by atoms with Crippen molar-refractivity contribution in [3.05, 3.63) is 72.6 Å². The second kappa shape index (κ2) is 9.69. The molecule has 10 nitrogen and oxygen atoms in total. The highest BCUT2D eigenvalue weighted by Crippen LogP contribution is 2.26. The summed E-state index contributed by atoms with van der Waals surface area (Å²) in [6, 6.07) is 16.9. The first-order valence-corrected chi connectivity index (χ1v) is 9.98. The lowest BCUT2D eigenvalue weighted by molar-refractivity contribution is 0.262. The minimum atomic E-state index is -0.408. The molecule has 0 aliphatic carbocycles. The number of benzene rings is 2. The normalized spacial score (nSPS) is 10.4. The number of amides is 2. The summed E-state index contributed by atoms with van der Waals surface area (Å²) in [4.78, 5) is 12.3. The molecule has 0 saturated carbocycles.